The van der Waals surface area contributed by atoms with Crippen LogP contribution in [0, 0.1) is 0 Å². The quantitative estimate of drug-likeness (QED) is 0.190. The second-order valence-electron chi connectivity index (χ2n) is 10.5. The van der Waals surface area contributed by atoms with Crippen molar-refractivity contribution in [3.8, 4) is 73.7 Å². The third-order valence-electron chi connectivity index (χ3n) is 7.48. The molecule has 222 valence electrons. The molecule has 7 rings (SSSR count). The molecule has 0 radical (unpaired) electrons. The summed E-state index contributed by atoms with van der Waals surface area (Å²) in [5.74, 6) is 0.522. The Morgan fingerprint density at radius 1 is 0.457 bits per heavy atom. The van der Waals surface area contributed by atoms with E-state index in [4.69, 9.17) is 14.7 Å². The minimum atomic E-state index is -0.144. The minimum absolute atomic E-state index is 0.144. The van der Waals surface area contributed by atoms with Gasteiger partial charge in [-0.15, -0.1) is 0 Å². The fourth-order valence-electron chi connectivity index (χ4n) is 5.18. The zero-order valence-corrected chi connectivity index (χ0v) is 24.9. The van der Waals surface area contributed by atoms with Gasteiger partial charge in [-0.1, -0.05) is 48.5 Å². The average Bonchev–Trinajstić information content (AvgIpc) is 3.15. The smallest absolute Gasteiger partial charge is 0.213 e. The van der Waals surface area contributed by atoms with Gasteiger partial charge in [0, 0.05) is 18.5 Å². The third kappa shape index (κ3) is 6.10. The van der Waals surface area contributed by atoms with Gasteiger partial charge in [-0.3, -0.25) is 9.97 Å². The third-order valence-corrected chi connectivity index (χ3v) is 7.48. The van der Waals surface area contributed by atoms with Crippen LogP contribution < -0.4 is 4.74 Å². The first kappa shape index (κ1) is 28.6. The molecule has 0 aliphatic heterocycles. The molecule has 8 heteroatoms. The van der Waals surface area contributed by atoms with Crippen LogP contribution in [-0.4, -0.2) is 42.1 Å². The number of ether oxygens (including phenoxy) is 1. The zero-order valence-electron chi connectivity index (χ0n) is 24.9. The Hall–Kier alpha value is -6.12. The van der Waals surface area contributed by atoms with Gasteiger partial charge in [0.15, 0.2) is 0 Å². The van der Waals surface area contributed by atoms with E-state index in [-0.39, 0.29) is 6.61 Å². The Kier molecular flexibility index (Phi) is 8.00. The van der Waals surface area contributed by atoms with Crippen LogP contribution in [0.4, 0.5) is 0 Å². The second-order valence-corrected chi connectivity index (χ2v) is 10.5. The molecule has 0 aliphatic rings. The van der Waals surface area contributed by atoms with Crippen LogP contribution in [0.15, 0.2) is 134 Å². The van der Waals surface area contributed by atoms with Crippen molar-refractivity contribution >= 4 is 0 Å². The number of nitrogens with zero attached hydrogens (tertiary/aromatic N) is 6. The highest BCUT2D eigenvalue weighted by atomic mass is 16.5. The van der Waals surface area contributed by atoms with Crippen molar-refractivity contribution in [3.63, 3.8) is 0 Å². The maximum absolute atomic E-state index is 9.67. The molecule has 7 aromatic rings. The molecule has 6 heterocycles. The van der Waals surface area contributed by atoms with Crippen molar-refractivity contribution in [1.82, 2.24) is 29.9 Å². The van der Waals surface area contributed by atoms with Crippen molar-refractivity contribution in [1.29, 1.82) is 0 Å². The van der Waals surface area contributed by atoms with E-state index in [9.17, 15) is 5.11 Å². The fraction of sp³-hybridized carbons (Fsp3) is 0.0526. The fourth-order valence-corrected chi connectivity index (χ4v) is 5.18. The first-order valence-corrected chi connectivity index (χ1v) is 14.7. The summed E-state index contributed by atoms with van der Waals surface area (Å²) < 4.78 is 5.37. The van der Waals surface area contributed by atoms with Crippen molar-refractivity contribution in [3.05, 3.63) is 139 Å². The normalized spacial score (nSPS) is 10.9. The Balaban J connectivity index is 1.31. The molecule has 1 aromatic carbocycles. The molecular weight excluding hydrogens is 572 g/mol. The molecule has 0 saturated carbocycles. The van der Waals surface area contributed by atoms with Gasteiger partial charge >= 0.3 is 0 Å². The molecule has 0 spiro atoms. The van der Waals surface area contributed by atoms with E-state index >= 15 is 0 Å². The maximum atomic E-state index is 9.67. The highest BCUT2D eigenvalue weighted by Crippen LogP contribution is 2.33. The van der Waals surface area contributed by atoms with Gasteiger partial charge in [0.2, 0.25) is 5.88 Å². The number of methoxy groups -OCH3 is 1. The Bertz CT molecular complexity index is 1970. The van der Waals surface area contributed by atoms with Crippen LogP contribution in [0.3, 0.4) is 0 Å². The average molecular weight is 601 g/mol. The predicted molar refractivity (Wildman–Crippen MR) is 178 cm³/mol. The number of hydrogen-bond donors (Lipinski definition) is 1. The molecule has 8 nitrogen and oxygen atoms in total. The standard InChI is InChI=1S/C38H28N6O2/c1-46-38-13-7-12-33(44-38)37-23-28(21-35(43-37)31-10-3-5-19-40-31)26-16-14-25(15-17-26)27-20-34(30-9-2-4-18-39-30)42-36(22-27)32-11-6-8-29(24-45)41-32/h2-23,45H,24H2,1H3. The largest absolute Gasteiger partial charge is 0.481 e. The maximum Gasteiger partial charge on any atom is 0.213 e. The van der Waals surface area contributed by atoms with E-state index in [0.717, 1.165) is 50.7 Å². The predicted octanol–water partition coefficient (Wildman–Crippen LogP) is 7.56. The number of rotatable bonds is 8. The van der Waals surface area contributed by atoms with Crippen LogP contribution in [0.2, 0.25) is 0 Å². The number of hydrogen-bond acceptors (Lipinski definition) is 8. The van der Waals surface area contributed by atoms with Crippen LogP contribution in [-0.2, 0) is 6.61 Å². The zero-order chi connectivity index (χ0) is 31.3. The van der Waals surface area contributed by atoms with Crippen molar-refractivity contribution in [2.24, 2.45) is 0 Å². The second kappa shape index (κ2) is 12.9. The van der Waals surface area contributed by atoms with Crippen LogP contribution in [0.1, 0.15) is 5.69 Å². The Labute approximate surface area is 266 Å². The van der Waals surface area contributed by atoms with E-state index in [2.05, 4.69) is 44.2 Å². The van der Waals surface area contributed by atoms with E-state index < -0.39 is 0 Å². The summed E-state index contributed by atoms with van der Waals surface area (Å²) in [6.45, 7) is -0.144. The molecule has 1 N–H and O–H groups in total. The first-order valence-electron chi connectivity index (χ1n) is 14.7. The van der Waals surface area contributed by atoms with Gasteiger partial charge in [-0.05, 0) is 89.0 Å². The summed E-state index contributed by atoms with van der Waals surface area (Å²) in [4.78, 5) is 28.1. The molecule has 0 saturated heterocycles. The molecule has 0 unspecified atom stereocenters. The van der Waals surface area contributed by atoms with E-state index in [1.165, 1.54) is 0 Å². The molecule has 0 atom stereocenters. The van der Waals surface area contributed by atoms with E-state index in [1.54, 1.807) is 25.6 Å². The lowest BCUT2D eigenvalue weighted by molar-refractivity contribution is 0.277. The summed E-state index contributed by atoms with van der Waals surface area (Å²) in [5.41, 5.74) is 10.4. The lowest BCUT2D eigenvalue weighted by Crippen LogP contribution is -1.96. The lowest BCUT2D eigenvalue weighted by atomic mass is 9.98. The monoisotopic (exact) mass is 600 g/mol. The highest BCUT2D eigenvalue weighted by Gasteiger charge is 2.14. The molecule has 0 amide bonds. The molecule has 46 heavy (non-hydrogen) atoms. The van der Waals surface area contributed by atoms with Gasteiger partial charge in [0.05, 0.1) is 65.0 Å². The summed E-state index contributed by atoms with van der Waals surface area (Å²) in [5, 5.41) is 9.67. The van der Waals surface area contributed by atoms with Gasteiger partial charge < -0.3 is 9.84 Å². The number of pyridine rings is 6. The van der Waals surface area contributed by atoms with Gasteiger partial charge in [0.25, 0.3) is 0 Å². The summed E-state index contributed by atoms with van der Waals surface area (Å²) in [6.07, 6.45) is 3.52. The molecular formula is C38H28N6O2. The number of aliphatic hydroxyl groups is 1. The summed E-state index contributed by atoms with van der Waals surface area (Å²) in [6, 6.07) is 39.3. The Morgan fingerprint density at radius 3 is 1.41 bits per heavy atom. The van der Waals surface area contributed by atoms with E-state index in [1.807, 2.05) is 91.0 Å². The highest BCUT2D eigenvalue weighted by molar-refractivity contribution is 5.79. The van der Waals surface area contributed by atoms with E-state index in [0.29, 0.717) is 28.7 Å². The van der Waals surface area contributed by atoms with Crippen molar-refractivity contribution in [2.45, 2.75) is 6.61 Å². The molecule has 0 bridgehead atoms. The van der Waals surface area contributed by atoms with Gasteiger partial charge in [-0.25, -0.2) is 19.9 Å². The number of aromatic nitrogens is 6. The van der Waals surface area contributed by atoms with Gasteiger partial charge in [-0.2, -0.15) is 0 Å². The molecule has 0 aliphatic carbocycles. The topological polar surface area (TPSA) is 107 Å². The SMILES string of the molecule is COc1cccc(-c2cc(-c3ccc(-c4cc(-c5ccccn5)nc(-c5cccc(CO)n5)c4)cc3)cc(-c3ccccn3)n2)n1. The number of aliphatic hydroxyl groups excluding tert-OH is 1. The summed E-state index contributed by atoms with van der Waals surface area (Å²) in [7, 11) is 1.60. The summed E-state index contributed by atoms with van der Waals surface area (Å²) >= 11 is 0. The minimum Gasteiger partial charge on any atom is -0.481 e. The van der Waals surface area contributed by atoms with Crippen molar-refractivity contribution in [2.75, 3.05) is 7.11 Å². The van der Waals surface area contributed by atoms with Crippen LogP contribution in [0.5, 0.6) is 5.88 Å². The molecule has 6 aromatic heterocycles. The van der Waals surface area contributed by atoms with Crippen molar-refractivity contribution < 1.29 is 9.84 Å². The lowest BCUT2D eigenvalue weighted by Gasteiger charge is -2.12. The number of benzene rings is 1. The van der Waals surface area contributed by atoms with Crippen LogP contribution >= 0.6 is 0 Å². The van der Waals surface area contributed by atoms with Gasteiger partial charge in [0.1, 0.15) is 0 Å². The van der Waals surface area contributed by atoms with Crippen LogP contribution in [0.25, 0.3) is 67.8 Å². The molecule has 0 fully saturated rings. The Morgan fingerprint density at radius 2 is 0.935 bits per heavy atom. The first-order chi connectivity index (χ1) is 22.7.